The van der Waals surface area contributed by atoms with Gasteiger partial charge in [0, 0.05) is 6.04 Å². The predicted octanol–water partition coefficient (Wildman–Crippen LogP) is 0.383. The third-order valence-electron chi connectivity index (χ3n) is 2.09. The van der Waals surface area contributed by atoms with Crippen LogP contribution in [0, 0.1) is 0 Å². The maximum absolute atomic E-state index is 5.09. The van der Waals surface area contributed by atoms with Crippen LogP contribution in [-0.4, -0.2) is 35.2 Å². The maximum Gasteiger partial charge on any atom is 0.240 e. The van der Waals surface area contributed by atoms with Gasteiger partial charge in [-0.15, -0.1) is 0 Å². The Balaban J connectivity index is 1.81. The first-order valence-electron chi connectivity index (χ1n) is 4.93. The second kappa shape index (κ2) is 4.06. The van der Waals surface area contributed by atoms with Gasteiger partial charge in [-0.3, -0.25) is 0 Å². The maximum atomic E-state index is 5.09. The van der Waals surface area contributed by atoms with Crippen LogP contribution in [0.2, 0.25) is 0 Å². The summed E-state index contributed by atoms with van der Waals surface area (Å²) >= 11 is 0. The Bertz CT molecular complexity index is 293. The highest BCUT2D eigenvalue weighted by atomic mass is 16.5. The van der Waals surface area contributed by atoms with Crippen LogP contribution in [0.15, 0.2) is 4.52 Å². The number of nitrogens with zero attached hydrogens (tertiary/aromatic N) is 3. The topological polar surface area (TPSA) is 54.2 Å². The predicted molar refractivity (Wildman–Crippen MR) is 51.6 cm³/mol. The second-order valence-electron chi connectivity index (χ2n) is 4.00. The van der Waals surface area contributed by atoms with Crippen LogP contribution >= 0.6 is 0 Å². The number of aromatic nitrogens is 2. The number of nitrogens with one attached hydrogen (secondary N) is 1. The third kappa shape index (κ3) is 2.78. The lowest BCUT2D eigenvalue weighted by molar-refractivity contribution is 0.343. The zero-order chi connectivity index (χ0) is 9.97. The van der Waals surface area contributed by atoms with E-state index in [-0.39, 0.29) is 0 Å². The van der Waals surface area contributed by atoms with Gasteiger partial charge in [-0.05, 0) is 26.9 Å². The molecule has 1 aromatic heterocycles. The Morgan fingerprint density at radius 2 is 2.29 bits per heavy atom. The van der Waals surface area contributed by atoms with E-state index in [4.69, 9.17) is 4.52 Å². The van der Waals surface area contributed by atoms with Crippen LogP contribution < -0.4 is 5.32 Å². The number of hydrogen-bond acceptors (Lipinski definition) is 5. The fraction of sp³-hybridized carbons (Fsp3) is 0.778. The highest BCUT2D eigenvalue weighted by Crippen LogP contribution is 2.18. The van der Waals surface area contributed by atoms with Gasteiger partial charge in [-0.25, -0.2) is 0 Å². The van der Waals surface area contributed by atoms with Crippen LogP contribution in [-0.2, 0) is 13.1 Å². The van der Waals surface area contributed by atoms with Crippen LogP contribution in [0.1, 0.15) is 24.6 Å². The van der Waals surface area contributed by atoms with E-state index >= 15 is 0 Å². The fourth-order valence-electron chi connectivity index (χ4n) is 1.23. The van der Waals surface area contributed by atoms with E-state index in [9.17, 15) is 0 Å². The molecule has 2 rings (SSSR count). The Morgan fingerprint density at radius 3 is 2.93 bits per heavy atom. The van der Waals surface area contributed by atoms with E-state index < -0.39 is 0 Å². The molecule has 5 heteroatoms. The summed E-state index contributed by atoms with van der Waals surface area (Å²) in [5.74, 6) is 1.44. The van der Waals surface area contributed by atoms with Crippen molar-refractivity contribution in [3.63, 3.8) is 0 Å². The standard InChI is InChI=1S/C9H16N4O/c1-13(2)6-8-11-9(14-12-8)5-10-7-3-4-7/h7,10H,3-6H2,1-2H3. The SMILES string of the molecule is CN(C)Cc1noc(CNC2CC2)n1. The Hall–Kier alpha value is -0.940. The quantitative estimate of drug-likeness (QED) is 0.738. The van der Waals surface area contributed by atoms with E-state index in [2.05, 4.69) is 15.5 Å². The monoisotopic (exact) mass is 196 g/mol. The number of rotatable bonds is 5. The minimum atomic E-state index is 0.680. The normalized spacial score (nSPS) is 16.5. The van der Waals surface area contributed by atoms with E-state index in [1.54, 1.807) is 0 Å². The summed E-state index contributed by atoms with van der Waals surface area (Å²) in [4.78, 5) is 6.29. The van der Waals surface area contributed by atoms with Crippen molar-refractivity contribution in [1.82, 2.24) is 20.4 Å². The van der Waals surface area contributed by atoms with Crippen molar-refractivity contribution in [2.75, 3.05) is 14.1 Å². The lowest BCUT2D eigenvalue weighted by Gasteiger charge is -2.03. The first-order chi connectivity index (χ1) is 6.74. The molecule has 5 nitrogen and oxygen atoms in total. The molecule has 1 aliphatic carbocycles. The van der Waals surface area contributed by atoms with Crippen LogP contribution in [0.4, 0.5) is 0 Å². The van der Waals surface area contributed by atoms with Gasteiger partial charge in [0.1, 0.15) is 0 Å². The molecule has 1 aliphatic rings. The Morgan fingerprint density at radius 1 is 1.50 bits per heavy atom. The smallest absolute Gasteiger partial charge is 0.240 e. The van der Waals surface area contributed by atoms with Gasteiger partial charge in [0.05, 0.1) is 13.1 Å². The fourth-order valence-corrected chi connectivity index (χ4v) is 1.23. The van der Waals surface area contributed by atoms with Gasteiger partial charge in [0.15, 0.2) is 5.82 Å². The average Bonchev–Trinajstić information content (AvgIpc) is 2.84. The molecule has 1 heterocycles. The molecule has 1 N–H and O–H groups in total. The van der Waals surface area contributed by atoms with Crippen molar-refractivity contribution < 1.29 is 4.52 Å². The molecule has 0 radical (unpaired) electrons. The van der Waals surface area contributed by atoms with Crippen LogP contribution in [0.3, 0.4) is 0 Å². The highest BCUT2D eigenvalue weighted by Gasteiger charge is 2.21. The van der Waals surface area contributed by atoms with Gasteiger partial charge >= 0.3 is 0 Å². The van der Waals surface area contributed by atoms with Gasteiger partial charge < -0.3 is 14.7 Å². The summed E-state index contributed by atoms with van der Waals surface area (Å²) in [6, 6.07) is 0.680. The molecule has 1 saturated carbocycles. The van der Waals surface area contributed by atoms with Crippen LogP contribution in [0.5, 0.6) is 0 Å². The lowest BCUT2D eigenvalue weighted by atomic mass is 10.5. The summed E-state index contributed by atoms with van der Waals surface area (Å²) in [5.41, 5.74) is 0. The van der Waals surface area contributed by atoms with Crippen molar-refractivity contribution in [1.29, 1.82) is 0 Å². The summed E-state index contributed by atoms with van der Waals surface area (Å²) < 4.78 is 5.09. The number of hydrogen-bond donors (Lipinski definition) is 1. The largest absolute Gasteiger partial charge is 0.338 e. The highest BCUT2D eigenvalue weighted by molar-refractivity contribution is 4.88. The molecular formula is C9H16N4O. The molecule has 0 unspecified atom stereocenters. The van der Waals surface area contributed by atoms with Crippen molar-refractivity contribution in [2.45, 2.75) is 32.0 Å². The minimum absolute atomic E-state index is 0.680. The molecule has 0 amide bonds. The first kappa shape index (κ1) is 9.61. The molecule has 14 heavy (non-hydrogen) atoms. The zero-order valence-corrected chi connectivity index (χ0v) is 8.66. The summed E-state index contributed by atoms with van der Waals surface area (Å²) in [7, 11) is 3.97. The molecule has 78 valence electrons. The van der Waals surface area contributed by atoms with Gasteiger partial charge in [0.25, 0.3) is 0 Å². The van der Waals surface area contributed by atoms with Crippen molar-refractivity contribution >= 4 is 0 Å². The van der Waals surface area contributed by atoms with E-state index in [1.165, 1.54) is 12.8 Å². The molecule has 0 aromatic carbocycles. The average molecular weight is 196 g/mol. The van der Waals surface area contributed by atoms with Gasteiger partial charge in [-0.1, -0.05) is 5.16 Å². The van der Waals surface area contributed by atoms with Gasteiger partial charge in [0.2, 0.25) is 5.89 Å². The van der Waals surface area contributed by atoms with E-state index in [1.807, 2.05) is 19.0 Å². The molecule has 1 fully saturated rings. The molecule has 0 atom stereocenters. The summed E-state index contributed by atoms with van der Waals surface area (Å²) in [5, 5.41) is 7.22. The summed E-state index contributed by atoms with van der Waals surface area (Å²) in [6.45, 7) is 1.43. The van der Waals surface area contributed by atoms with E-state index in [0.717, 1.165) is 12.4 Å². The van der Waals surface area contributed by atoms with E-state index in [0.29, 0.717) is 18.5 Å². The molecule has 0 aliphatic heterocycles. The minimum Gasteiger partial charge on any atom is -0.338 e. The molecular weight excluding hydrogens is 180 g/mol. The van der Waals surface area contributed by atoms with Crippen molar-refractivity contribution in [3.05, 3.63) is 11.7 Å². The Labute approximate surface area is 83.5 Å². The summed E-state index contributed by atoms with van der Waals surface area (Å²) in [6.07, 6.45) is 2.55. The first-order valence-corrected chi connectivity index (χ1v) is 4.93. The lowest BCUT2D eigenvalue weighted by Crippen LogP contribution is -2.16. The molecule has 0 spiro atoms. The zero-order valence-electron chi connectivity index (χ0n) is 8.66. The van der Waals surface area contributed by atoms with Crippen molar-refractivity contribution in [3.8, 4) is 0 Å². The molecule has 1 aromatic rings. The van der Waals surface area contributed by atoms with Crippen molar-refractivity contribution in [2.24, 2.45) is 0 Å². The molecule has 0 saturated heterocycles. The Kier molecular flexibility index (Phi) is 2.79. The molecule has 0 bridgehead atoms. The van der Waals surface area contributed by atoms with Crippen LogP contribution in [0.25, 0.3) is 0 Å². The second-order valence-corrected chi connectivity index (χ2v) is 4.00. The third-order valence-corrected chi connectivity index (χ3v) is 2.09. The van der Waals surface area contributed by atoms with Gasteiger partial charge in [-0.2, -0.15) is 4.98 Å².